The van der Waals surface area contributed by atoms with E-state index in [0.717, 1.165) is 0 Å². The quantitative estimate of drug-likeness (QED) is 0.198. The number of hydrogen-bond donors (Lipinski definition) is 9. The van der Waals surface area contributed by atoms with E-state index in [-0.39, 0.29) is 0 Å². The number of ether oxygens (including phenoxy) is 2. The maximum Gasteiger partial charge on any atom is 0.249 e. The summed E-state index contributed by atoms with van der Waals surface area (Å²) >= 11 is 0. The fourth-order valence-corrected chi connectivity index (χ4v) is 2.19. The van der Waals surface area contributed by atoms with Crippen LogP contribution in [-0.4, -0.2) is 115 Å². The minimum absolute atomic E-state index is 0.746. The van der Waals surface area contributed by atoms with Crippen molar-refractivity contribution in [2.45, 2.75) is 55.1 Å². The SMILES string of the molecule is NC(=O)[C@H](O)[C@@H](O)[C@H](O[C@@H]1O[C@H](CO)[C@H](O)[C@H](O)[C@H]1O)[C@H](O)CO. The number of aliphatic hydroxyl groups excluding tert-OH is 8. The molecule has 24 heavy (non-hydrogen) atoms. The lowest BCUT2D eigenvalue weighted by atomic mass is 9.98. The van der Waals surface area contributed by atoms with Crippen LogP contribution >= 0.6 is 0 Å². The lowest BCUT2D eigenvalue weighted by Crippen LogP contribution is -2.62. The molecular weight excluding hydrogens is 334 g/mol. The third-order valence-corrected chi connectivity index (χ3v) is 3.66. The van der Waals surface area contributed by atoms with Gasteiger partial charge in [0.05, 0.1) is 13.2 Å². The third-order valence-electron chi connectivity index (χ3n) is 3.66. The molecule has 12 heteroatoms. The Balaban J connectivity index is 2.94. The predicted octanol–water partition coefficient (Wildman–Crippen LogP) is -6.27. The topological polar surface area (TPSA) is 223 Å². The number of rotatable bonds is 8. The second-order valence-corrected chi connectivity index (χ2v) is 5.39. The van der Waals surface area contributed by atoms with E-state index in [2.05, 4.69) is 0 Å². The number of aliphatic hydroxyl groups is 8. The summed E-state index contributed by atoms with van der Waals surface area (Å²) in [4.78, 5) is 10.9. The average Bonchev–Trinajstić information content (AvgIpc) is 2.57. The van der Waals surface area contributed by atoms with Crippen molar-refractivity contribution >= 4 is 5.91 Å². The van der Waals surface area contributed by atoms with Gasteiger partial charge in [0.1, 0.15) is 42.7 Å². The first-order chi connectivity index (χ1) is 11.1. The van der Waals surface area contributed by atoms with Crippen molar-refractivity contribution in [3.05, 3.63) is 0 Å². The summed E-state index contributed by atoms with van der Waals surface area (Å²) in [5, 5.41) is 76.2. The average molecular weight is 357 g/mol. The van der Waals surface area contributed by atoms with E-state index < -0.39 is 74.2 Å². The largest absolute Gasteiger partial charge is 0.394 e. The van der Waals surface area contributed by atoms with Crippen molar-refractivity contribution in [1.29, 1.82) is 0 Å². The van der Waals surface area contributed by atoms with Gasteiger partial charge < -0.3 is 56.1 Å². The zero-order chi connectivity index (χ0) is 18.6. The van der Waals surface area contributed by atoms with E-state index in [0.29, 0.717) is 0 Å². The van der Waals surface area contributed by atoms with Gasteiger partial charge in [-0.2, -0.15) is 0 Å². The number of carbonyl (C=O) groups is 1. The molecule has 0 aromatic rings. The van der Waals surface area contributed by atoms with Gasteiger partial charge in [-0.05, 0) is 0 Å². The molecular formula is C12H23NO11. The molecule has 1 aliphatic rings. The monoisotopic (exact) mass is 357 g/mol. The van der Waals surface area contributed by atoms with E-state index in [1.807, 2.05) is 0 Å². The molecule has 12 nitrogen and oxygen atoms in total. The lowest BCUT2D eigenvalue weighted by molar-refractivity contribution is -0.326. The van der Waals surface area contributed by atoms with Gasteiger partial charge >= 0.3 is 0 Å². The van der Waals surface area contributed by atoms with Crippen LogP contribution in [0.25, 0.3) is 0 Å². The summed E-state index contributed by atoms with van der Waals surface area (Å²) in [5.74, 6) is -1.34. The first-order valence-corrected chi connectivity index (χ1v) is 7.06. The van der Waals surface area contributed by atoms with Crippen LogP contribution in [0.1, 0.15) is 0 Å². The van der Waals surface area contributed by atoms with Crippen molar-refractivity contribution < 1.29 is 55.1 Å². The fourth-order valence-electron chi connectivity index (χ4n) is 2.19. The van der Waals surface area contributed by atoms with E-state index in [1.165, 1.54) is 0 Å². The van der Waals surface area contributed by atoms with Gasteiger partial charge in [0.2, 0.25) is 5.91 Å². The third kappa shape index (κ3) is 4.58. The highest BCUT2D eigenvalue weighted by Gasteiger charge is 2.47. The van der Waals surface area contributed by atoms with Gasteiger partial charge in [0, 0.05) is 0 Å². The van der Waals surface area contributed by atoms with Crippen LogP contribution in [0.5, 0.6) is 0 Å². The minimum atomic E-state index is -2.17. The molecule has 142 valence electrons. The Morgan fingerprint density at radius 2 is 1.67 bits per heavy atom. The number of primary amides is 1. The second-order valence-electron chi connectivity index (χ2n) is 5.39. The van der Waals surface area contributed by atoms with E-state index in [9.17, 15) is 35.4 Å². The summed E-state index contributed by atoms with van der Waals surface area (Å²) in [6.45, 7) is -1.70. The molecule has 1 fully saturated rings. The zero-order valence-corrected chi connectivity index (χ0v) is 12.5. The molecule has 1 rings (SSSR count). The molecule has 1 saturated heterocycles. The summed E-state index contributed by atoms with van der Waals surface area (Å²) in [6, 6.07) is 0. The van der Waals surface area contributed by atoms with Crippen LogP contribution in [0, 0.1) is 0 Å². The van der Waals surface area contributed by atoms with Gasteiger partial charge in [-0.1, -0.05) is 0 Å². The Hall–Kier alpha value is -0.930. The fraction of sp³-hybridized carbons (Fsp3) is 0.917. The normalized spacial score (nSPS) is 35.9. The van der Waals surface area contributed by atoms with Crippen molar-refractivity contribution in [2.24, 2.45) is 5.73 Å². The summed E-state index contributed by atoms with van der Waals surface area (Å²) < 4.78 is 10.1. The molecule has 0 aromatic heterocycles. The standard InChI is InChI=1S/C12H23NO11/c13-11(22)8(20)7(19)10(3(16)1-14)24-12-9(21)6(18)5(17)4(2-15)23-12/h3-10,12,14-21H,1-2H2,(H2,13,22)/t3-,4-,5+,6+,7-,8-,9-,10-,12+/m1/s1. The molecule has 1 aliphatic heterocycles. The van der Waals surface area contributed by atoms with Crippen molar-refractivity contribution in [2.75, 3.05) is 13.2 Å². The first kappa shape index (κ1) is 21.1. The van der Waals surface area contributed by atoms with Crippen LogP contribution in [-0.2, 0) is 14.3 Å². The number of carbonyl (C=O) groups excluding carboxylic acids is 1. The Bertz CT molecular complexity index is 408. The Labute approximate surface area is 136 Å². The Morgan fingerprint density at radius 1 is 1.08 bits per heavy atom. The maximum absolute atomic E-state index is 10.9. The van der Waals surface area contributed by atoms with E-state index in [1.54, 1.807) is 0 Å². The molecule has 10 N–H and O–H groups in total. The Kier molecular flexibility index (Phi) is 7.88. The number of amides is 1. The van der Waals surface area contributed by atoms with E-state index in [4.69, 9.17) is 25.4 Å². The summed E-state index contributed by atoms with van der Waals surface area (Å²) in [6.07, 6.45) is -16.3. The van der Waals surface area contributed by atoms with Gasteiger partial charge in [-0.15, -0.1) is 0 Å². The Morgan fingerprint density at radius 3 is 2.12 bits per heavy atom. The molecule has 0 bridgehead atoms. The predicted molar refractivity (Wildman–Crippen MR) is 72.9 cm³/mol. The molecule has 0 aromatic carbocycles. The molecule has 0 radical (unpaired) electrons. The molecule has 1 heterocycles. The van der Waals surface area contributed by atoms with Crippen LogP contribution in [0.2, 0.25) is 0 Å². The number of nitrogens with two attached hydrogens (primary N) is 1. The highest BCUT2D eigenvalue weighted by molar-refractivity contribution is 5.79. The highest BCUT2D eigenvalue weighted by atomic mass is 16.7. The van der Waals surface area contributed by atoms with Gasteiger partial charge in [0.15, 0.2) is 12.4 Å². The van der Waals surface area contributed by atoms with Crippen molar-refractivity contribution in [3.63, 3.8) is 0 Å². The molecule has 0 unspecified atom stereocenters. The van der Waals surface area contributed by atoms with Crippen LogP contribution in [0.3, 0.4) is 0 Å². The van der Waals surface area contributed by atoms with Gasteiger partial charge in [-0.25, -0.2) is 0 Å². The maximum atomic E-state index is 10.9. The zero-order valence-electron chi connectivity index (χ0n) is 12.5. The second kappa shape index (κ2) is 8.96. The number of hydrogen-bond acceptors (Lipinski definition) is 11. The van der Waals surface area contributed by atoms with Gasteiger partial charge in [0.25, 0.3) is 0 Å². The highest BCUT2D eigenvalue weighted by Crippen LogP contribution is 2.24. The first-order valence-electron chi connectivity index (χ1n) is 7.06. The molecule has 9 atom stereocenters. The molecule has 0 saturated carbocycles. The minimum Gasteiger partial charge on any atom is -0.394 e. The van der Waals surface area contributed by atoms with Crippen LogP contribution in [0.15, 0.2) is 0 Å². The lowest BCUT2D eigenvalue weighted by Gasteiger charge is -2.42. The molecule has 0 spiro atoms. The smallest absolute Gasteiger partial charge is 0.249 e. The summed E-state index contributed by atoms with van der Waals surface area (Å²) in [7, 11) is 0. The molecule has 0 aliphatic carbocycles. The molecule has 1 amide bonds. The van der Waals surface area contributed by atoms with Crippen LogP contribution < -0.4 is 5.73 Å². The van der Waals surface area contributed by atoms with Gasteiger partial charge in [-0.3, -0.25) is 4.79 Å². The van der Waals surface area contributed by atoms with E-state index >= 15 is 0 Å². The van der Waals surface area contributed by atoms with Crippen LogP contribution in [0.4, 0.5) is 0 Å². The summed E-state index contributed by atoms with van der Waals surface area (Å²) in [5.41, 5.74) is 4.83. The van der Waals surface area contributed by atoms with Crippen molar-refractivity contribution in [3.8, 4) is 0 Å². The van der Waals surface area contributed by atoms with Crippen molar-refractivity contribution in [1.82, 2.24) is 0 Å².